The van der Waals surface area contributed by atoms with Gasteiger partial charge in [-0.3, -0.25) is 0 Å². The number of hydrogen-bond donors (Lipinski definition) is 0. The lowest BCUT2D eigenvalue weighted by Gasteiger charge is -2.24. The summed E-state index contributed by atoms with van der Waals surface area (Å²) in [5, 5.41) is 8.28. The standard InChI is InChI=1S/C12H23N3O/c1-6-11-9-15(14-13-11)12(4,5)7-8-16-10(2)3/h9-10H,6-8H2,1-5H3. The first kappa shape index (κ1) is 13.2. The van der Waals surface area contributed by atoms with Crippen LogP contribution in [0.5, 0.6) is 0 Å². The second-order valence-corrected chi connectivity index (χ2v) is 4.99. The van der Waals surface area contributed by atoms with E-state index in [-0.39, 0.29) is 11.6 Å². The Morgan fingerprint density at radius 1 is 1.44 bits per heavy atom. The number of rotatable bonds is 6. The van der Waals surface area contributed by atoms with Crippen molar-refractivity contribution in [2.45, 2.75) is 59.1 Å². The van der Waals surface area contributed by atoms with Crippen LogP contribution in [-0.2, 0) is 16.7 Å². The largest absolute Gasteiger partial charge is 0.379 e. The van der Waals surface area contributed by atoms with Gasteiger partial charge in [-0.25, -0.2) is 4.68 Å². The number of ether oxygens (including phenoxy) is 1. The van der Waals surface area contributed by atoms with Gasteiger partial charge in [0.05, 0.1) is 17.3 Å². The first-order valence-corrected chi connectivity index (χ1v) is 5.99. The van der Waals surface area contributed by atoms with Gasteiger partial charge in [-0.1, -0.05) is 12.1 Å². The summed E-state index contributed by atoms with van der Waals surface area (Å²) in [5.41, 5.74) is 1.01. The fourth-order valence-corrected chi connectivity index (χ4v) is 1.42. The average Bonchev–Trinajstić information content (AvgIpc) is 2.65. The monoisotopic (exact) mass is 225 g/mol. The molecular formula is C12H23N3O. The highest BCUT2D eigenvalue weighted by Crippen LogP contribution is 2.19. The van der Waals surface area contributed by atoms with Gasteiger partial charge in [0, 0.05) is 12.8 Å². The molecule has 92 valence electrons. The summed E-state index contributed by atoms with van der Waals surface area (Å²) < 4.78 is 7.51. The molecule has 16 heavy (non-hydrogen) atoms. The summed E-state index contributed by atoms with van der Waals surface area (Å²) in [6.45, 7) is 11.3. The fraction of sp³-hybridized carbons (Fsp3) is 0.833. The molecule has 0 saturated carbocycles. The lowest BCUT2D eigenvalue weighted by molar-refractivity contribution is 0.0568. The maximum Gasteiger partial charge on any atom is 0.0824 e. The first-order valence-electron chi connectivity index (χ1n) is 5.99. The molecule has 1 rings (SSSR count). The lowest BCUT2D eigenvalue weighted by Crippen LogP contribution is -2.29. The van der Waals surface area contributed by atoms with Gasteiger partial charge in [-0.05, 0) is 40.5 Å². The Hall–Kier alpha value is -0.900. The Kier molecular flexibility index (Phi) is 4.47. The molecule has 0 N–H and O–H groups in total. The van der Waals surface area contributed by atoms with E-state index in [0.717, 1.165) is 25.1 Å². The van der Waals surface area contributed by atoms with Gasteiger partial charge in [-0.2, -0.15) is 0 Å². The van der Waals surface area contributed by atoms with Crippen LogP contribution in [0.3, 0.4) is 0 Å². The van der Waals surface area contributed by atoms with Crippen molar-refractivity contribution < 1.29 is 4.74 Å². The molecule has 1 aromatic rings. The van der Waals surface area contributed by atoms with Crippen LogP contribution in [0.25, 0.3) is 0 Å². The van der Waals surface area contributed by atoms with Crippen molar-refractivity contribution in [1.82, 2.24) is 15.0 Å². The topological polar surface area (TPSA) is 39.9 Å². The summed E-state index contributed by atoms with van der Waals surface area (Å²) in [5.74, 6) is 0. The van der Waals surface area contributed by atoms with E-state index >= 15 is 0 Å². The van der Waals surface area contributed by atoms with E-state index < -0.39 is 0 Å². The zero-order valence-electron chi connectivity index (χ0n) is 11.0. The van der Waals surface area contributed by atoms with Crippen LogP contribution in [0.15, 0.2) is 6.20 Å². The summed E-state index contributed by atoms with van der Waals surface area (Å²) in [4.78, 5) is 0. The molecule has 0 aliphatic rings. The molecule has 4 heteroatoms. The van der Waals surface area contributed by atoms with Gasteiger partial charge in [0.2, 0.25) is 0 Å². The second-order valence-electron chi connectivity index (χ2n) is 4.99. The highest BCUT2D eigenvalue weighted by Gasteiger charge is 2.21. The molecule has 0 unspecified atom stereocenters. The maximum atomic E-state index is 5.57. The Balaban J connectivity index is 2.55. The van der Waals surface area contributed by atoms with E-state index in [9.17, 15) is 0 Å². The minimum atomic E-state index is -0.0324. The maximum absolute atomic E-state index is 5.57. The Labute approximate surface area is 98.0 Å². The molecular weight excluding hydrogens is 202 g/mol. The van der Waals surface area contributed by atoms with E-state index in [2.05, 4.69) is 44.9 Å². The van der Waals surface area contributed by atoms with Gasteiger partial charge in [0.15, 0.2) is 0 Å². The highest BCUT2D eigenvalue weighted by atomic mass is 16.5. The Morgan fingerprint density at radius 3 is 2.62 bits per heavy atom. The summed E-state index contributed by atoms with van der Waals surface area (Å²) in [7, 11) is 0. The van der Waals surface area contributed by atoms with Crippen LogP contribution in [0.1, 0.15) is 46.7 Å². The van der Waals surface area contributed by atoms with Crippen molar-refractivity contribution in [2.75, 3.05) is 6.61 Å². The van der Waals surface area contributed by atoms with E-state index in [1.54, 1.807) is 0 Å². The first-order chi connectivity index (χ1) is 7.45. The van der Waals surface area contributed by atoms with Crippen molar-refractivity contribution in [1.29, 1.82) is 0 Å². The van der Waals surface area contributed by atoms with Gasteiger partial charge >= 0.3 is 0 Å². The van der Waals surface area contributed by atoms with Gasteiger partial charge in [0.25, 0.3) is 0 Å². The number of nitrogens with zero attached hydrogens (tertiary/aromatic N) is 3. The van der Waals surface area contributed by atoms with Crippen molar-refractivity contribution in [2.24, 2.45) is 0 Å². The zero-order chi connectivity index (χ0) is 12.2. The molecule has 0 spiro atoms. The third kappa shape index (κ3) is 3.59. The minimum absolute atomic E-state index is 0.0324. The summed E-state index contributed by atoms with van der Waals surface area (Å²) in [6, 6.07) is 0. The smallest absolute Gasteiger partial charge is 0.0824 e. The van der Waals surface area contributed by atoms with Gasteiger partial charge in [0.1, 0.15) is 0 Å². The minimum Gasteiger partial charge on any atom is -0.379 e. The Bertz CT molecular complexity index is 318. The predicted molar refractivity (Wildman–Crippen MR) is 64.4 cm³/mol. The third-order valence-electron chi connectivity index (χ3n) is 2.69. The molecule has 1 aromatic heterocycles. The molecule has 0 radical (unpaired) electrons. The fourth-order valence-electron chi connectivity index (χ4n) is 1.42. The molecule has 0 bridgehead atoms. The SMILES string of the molecule is CCc1cn(C(C)(C)CCOC(C)C)nn1. The number of aryl methyl sites for hydroxylation is 1. The molecule has 4 nitrogen and oxygen atoms in total. The second kappa shape index (κ2) is 5.43. The normalized spacial score (nSPS) is 12.4. The van der Waals surface area contributed by atoms with Crippen LogP contribution in [0.4, 0.5) is 0 Å². The highest BCUT2D eigenvalue weighted by molar-refractivity contribution is 4.94. The summed E-state index contributed by atoms with van der Waals surface area (Å²) in [6.07, 6.45) is 4.18. The lowest BCUT2D eigenvalue weighted by atomic mass is 10.0. The third-order valence-corrected chi connectivity index (χ3v) is 2.69. The van der Waals surface area contributed by atoms with Crippen molar-refractivity contribution in [3.8, 4) is 0 Å². The van der Waals surface area contributed by atoms with E-state index in [1.165, 1.54) is 0 Å². The average molecular weight is 225 g/mol. The van der Waals surface area contributed by atoms with E-state index in [1.807, 2.05) is 10.9 Å². The van der Waals surface area contributed by atoms with Crippen LogP contribution in [0, 0.1) is 0 Å². The van der Waals surface area contributed by atoms with E-state index in [4.69, 9.17) is 4.74 Å². The van der Waals surface area contributed by atoms with Crippen LogP contribution in [-0.4, -0.2) is 27.7 Å². The van der Waals surface area contributed by atoms with Crippen molar-refractivity contribution in [3.63, 3.8) is 0 Å². The van der Waals surface area contributed by atoms with Crippen LogP contribution >= 0.6 is 0 Å². The van der Waals surface area contributed by atoms with Crippen LogP contribution < -0.4 is 0 Å². The number of hydrogen-bond acceptors (Lipinski definition) is 3. The predicted octanol–water partition coefficient (Wildman–Crippen LogP) is 2.39. The molecule has 0 saturated heterocycles. The van der Waals surface area contributed by atoms with Gasteiger partial charge < -0.3 is 4.74 Å². The van der Waals surface area contributed by atoms with Gasteiger partial charge in [-0.15, -0.1) is 5.10 Å². The Morgan fingerprint density at radius 2 is 2.12 bits per heavy atom. The quantitative estimate of drug-likeness (QED) is 0.746. The summed E-state index contributed by atoms with van der Waals surface area (Å²) >= 11 is 0. The zero-order valence-corrected chi connectivity index (χ0v) is 11.0. The van der Waals surface area contributed by atoms with Crippen LogP contribution in [0.2, 0.25) is 0 Å². The van der Waals surface area contributed by atoms with Crippen molar-refractivity contribution in [3.05, 3.63) is 11.9 Å². The molecule has 0 aliphatic heterocycles. The molecule has 1 heterocycles. The number of aromatic nitrogens is 3. The van der Waals surface area contributed by atoms with Crippen molar-refractivity contribution >= 4 is 0 Å². The molecule has 0 atom stereocenters. The van der Waals surface area contributed by atoms with E-state index in [0.29, 0.717) is 0 Å². The molecule has 0 aliphatic carbocycles. The molecule has 0 amide bonds. The molecule has 0 aromatic carbocycles. The molecule has 0 fully saturated rings.